The fourth-order valence-corrected chi connectivity index (χ4v) is 4.32. The molecule has 4 heteroatoms. The van der Waals surface area contributed by atoms with Crippen LogP contribution < -0.4 is 5.73 Å². The molecular formula is C10H25NO2Si. The van der Waals surface area contributed by atoms with E-state index >= 15 is 0 Å². The SMILES string of the molecule is CCOC(OCC)[SiH](CC)CCCN. The van der Waals surface area contributed by atoms with Gasteiger partial charge in [-0.15, -0.1) is 0 Å². The lowest BCUT2D eigenvalue weighted by molar-refractivity contribution is -0.0857. The zero-order chi connectivity index (χ0) is 10.8. The molecule has 0 heterocycles. The zero-order valence-electron chi connectivity index (χ0n) is 9.79. The minimum absolute atomic E-state index is 0.0987. The molecule has 0 spiro atoms. The van der Waals surface area contributed by atoms with Crippen molar-refractivity contribution in [2.24, 2.45) is 5.73 Å². The molecule has 0 fully saturated rings. The van der Waals surface area contributed by atoms with Crippen LogP contribution in [-0.4, -0.2) is 34.5 Å². The third-order valence-corrected chi connectivity index (χ3v) is 5.70. The number of ether oxygens (including phenoxy) is 2. The van der Waals surface area contributed by atoms with Crippen molar-refractivity contribution in [1.82, 2.24) is 0 Å². The first-order valence-electron chi connectivity index (χ1n) is 5.73. The monoisotopic (exact) mass is 219 g/mol. The Kier molecular flexibility index (Phi) is 9.71. The Morgan fingerprint density at radius 2 is 1.71 bits per heavy atom. The second-order valence-electron chi connectivity index (χ2n) is 3.38. The maximum atomic E-state index is 5.63. The molecule has 0 aliphatic carbocycles. The van der Waals surface area contributed by atoms with Crippen molar-refractivity contribution in [2.75, 3.05) is 19.8 Å². The Bertz CT molecular complexity index is 119. The van der Waals surface area contributed by atoms with E-state index in [9.17, 15) is 0 Å². The van der Waals surface area contributed by atoms with E-state index in [0.717, 1.165) is 26.2 Å². The first-order valence-corrected chi connectivity index (χ1v) is 8.03. The average molecular weight is 219 g/mol. The van der Waals surface area contributed by atoms with E-state index in [4.69, 9.17) is 15.2 Å². The van der Waals surface area contributed by atoms with E-state index in [1.54, 1.807) is 0 Å². The molecule has 0 aromatic heterocycles. The van der Waals surface area contributed by atoms with Crippen molar-refractivity contribution in [3.05, 3.63) is 0 Å². The van der Waals surface area contributed by atoms with Gasteiger partial charge >= 0.3 is 0 Å². The van der Waals surface area contributed by atoms with E-state index in [1.807, 2.05) is 13.8 Å². The summed E-state index contributed by atoms with van der Waals surface area (Å²) in [5.74, 6) is 0.0987. The second kappa shape index (κ2) is 9.64. The molecule has 0 aromatic rings. The molecule has 0 saturated carbocycles. The van der Waals surface area contributed by atoms with Gasteiger partial charge in [-0.1, -0.05) is 19.0 Å². The number of rotatable bonds is 9. The molecule has 1 atom stereocenters. The van der Waals surface area contributed by atoms with Gasteiger partial charge in [0.1, 0.15) is 14.7 Å². The molecule has 0 radical (unpaired) electrons. The van der Waals surface area contributed by atoms with E-state index in [0.29, 0.717) is 0 Å². The summed E-state index contributed by atoms with van der Waals surface area (Å²) in [6.07, 6.45) is 1.11. The van der Waals surface area contributed by atoms with Crippen molar-refractivity contribution >= 4 is 8.80 Å². The molecule has 2 N–H and O–H groups in total. The van der Waals surface area contributed by atoms with Crippen LogP contribution >= 0.6 is 0 Å². The summed E-state index contributed by atoms with van der Waals surface area (Å²) >= 11 is 0. The van der Waals surface area contributed by atoms with Crippen LogP contribution in [0, 0.1) is 0 Å². The van der Waals surface area contributed by atoms with Crippen molar-refractivity contribution in [3.8, 4) is 0 Å². The zero-order valence-corrected chi connectivity index (χ0v) is 10.9. The maximum absolute atomic E-state index is 5.63. The van der Waals surface area contributed by atoms with Gasteiger partial charge in [0.15, 0.2) is 0 Å². The van der Waals surface area contributed by atoms with E-state index < -0.39 is 8.80 Å². The van der Waals surface area contributed by atoms with Gasteiger partial charge in [-0.3, -0.25) is 0 Å². The van der Waals surface area contributed by atoms with Gasteiger partial charge in [-0.25, -0.2) is 0 Å². The molecule has 0 aromatic carbocycles. The molecule has 0 aliphatic rings. The lowest BCUT2D eigenvalue weighted by Crippen LogP contribution is -2.35. The normalized spacial score (nSPS) is 13.5. The predicted molar refractivity (Wildman–Crippen MR) is 63.1 cm³/mol. The van der Waals surface area contributed by atoms with Crippen LogP contribution in [0.3, 0.4) is 0 Å². The minimum Gasteiger partial charge on any atom is -0.357 e. The standard InChI is InChI=1S/C10H25NO2Si/c1-4-12-10(13-5-2)14(6-3)9-7-8-11/h10,14H,4-9,11H2,1-3H3. The highest BCUT2D eigenvalue weighted by atomic mass is 28.3. The minimum atomic E-state index is -0.905. The third kappa shape index (κ3) is 5.75. The topological polar surface area (TPSA) is 44.5 Å². The summed E-state index contributed by atoms with van der Waals surface area (Å²) in [5.41, 5.74) is 5.52. The quantitative estimate of drug-likeness (QED) is 0.472. The van der Waals surface area contributed by atoms with Gasteiger partial charge in [-0.2, -0.15) is 0 Å². The maximum Gasteiger partial charge on any atom is 0.138 e. The first-order chi connectivity index (χ1) is 6.79. The predicted octanol–water partition coefficient (Wildman–Crippen LogP) is 1.52. The van der Waals surface area contributed by atoms with Crippen LogP contribution in [-0.2, 0) is 9.47 Å². The fraction of sp³-hybridized carbons (Fsp3) is 1.00. The second-order valence-corrected chi connectivity index (χ2v) is 6.84. The summed E-state index contributed by atoms with van der Waals surface area (Å²) in [4.78, 5) is 0. The van der Waals surface area contributed by atoms with Crippen molar-refractivity contribution in [3.63, 3.8) is 0 Å². The summed E-state index contributed by atoms with van der Waals surface area (Å²) in [7, 11) is -0.905. The molecule has 0 rings (SSSR count). The molecule has 0 amide bonds. The number of hydrogen-bond acceptors (Lipinski definition) is 3. The van der Waals surface area contributed by atoms with E-state index in [1.165, 1.54) is 12.1 Å². The van der Waals surface area contributed by atoms with Crippen molar-refractivity contribution in [1.29, 1.82) is 0 Å². The summed E-state index contributed by atoms with van der Waals surface area (Å²) in [5, 5.41) is 0. The van der Waals surface area contributed by atoms with Crippen LogP contribution in [0.1, 0.15) is 27.2 Å². The molecule has 86 valence electrons. The van der Waals surface area contributed by atoms with Gasteiger partial charge in [0, 0.05) is 13.2 Å². The van der Waals surface area contributed by atoms with E-state index in [2.05, 4.69) is 6.92 Å². The molecule has 1 unspecified atom stereocenters. The Morgan fingerprint density at radius 3 is 2.07 bits per heavy atom. The highest BCUT2D eigenvalue weighted by Crippen LogP contribution is 2.11. The smallest absolute Gasteiger partial charge is 0.138 e. The molecule has 14 heavy (non-hydrogen) atoms. The fourth-order valence-electron chi connectivity index (χ4n) is 1.56. The molecule has 0 saturated heterocycles. The Morgan fingerprint density at radius 1 is 1.14 bits per heavy atom. The molecule has 0 bridgehead atoms. The third-order valence-electron chi connectivity index (χ3n) is 2.35. The number of hydrogen-bond donors (Lipinski definition) is 1. The molecular weight excluding hydrogens is 194 g/mol. The van der Waals surface area contributed by atoms with Crippen LogP contribution in [0.5, 0.6) is 0 Å². The van der Waals surface area contributed by atoms with Gasteiger partial charge in [0.05, 0.1) is 0 Å². The lowest BCUT2D eigenvalue weighted by atomic mass is 10.5. The van der Waals surface area contributed by atoms with Crippen molar-refractivity contribution in [2.45, 2.75) is 45.2 Å². The Labute approximate surface area is 89.6 Å². The van der Waals surface area contributed by atoms with Crippen LogP contribution in [0.25, 0.3) is 0 Å². The van der Waals surface area contributed by atoms with Crippen LogP contribution in [0.15, 0.2) is 0 Å². The molecule has 3 nitrogen and oxygen atoms in total. The van der Waals surface area contributed by atoms with Crippen LogP contribution in [0.4, 0.5) is 0 Å². The van der Waals surface area contributed by atoms with Gasteiger partial charge in [0.25, 0.3) is 0 Å². The first kappa shape index (κ1) is 14.1. The summed E-state index contributed by atoms with van der Waals surface area (Å²) < 4.78 is 11.3. The molecule has 0 aliphatic heterocycles. The largest absolute Gasteiger partial charge is 0.357 e. The summed E-state index contributed by atoms with van der Waals surface area (Å²) in [6, 6.07) is 2.46. The Balaban J connectivity index is 3.96. The van der Waals surface area contributed by atoms with Gasteiger partial charge < -0.3 is 15.2 Å². The highest BCUT2D eigenvalue weighted by molar-refractivity contribution is 6.59. The number of nitrogens with two attached hydrogens (primary N) is 1. The lowest BCUT2D eigenvalue weighted by Gasteiger charge is -2.24. The highest BCUT2D eigenvalue weighted by Gasteiger charge is 2.21. The van der Waals surface area contributed by atoms with Crippen molar-refractivity contribution < 1.29 is 9.47 Å². The van der Waals surface area contributed by atoms with E-state index in [-0.39, 0.29) is 5.91 Å². The Hall–Kier alpha value is 0.0969. The van der Waals surface area contributed by atoms with Crippen LogP contribution in [0.2, 0.25) is 12.1 Å². The van der Waals surface area contributed by atoms with Gasteiger partial charge in [0.2, 0.25) is 0 Å². The summed E-state index contributed by atoms with van der Waals surface area (Å²) in [6.45, 7) is 8.56. The van der Waals surface area contributed by atoms with Gasteiger partial charge in [-0.05, 0) is 26.8 Å². The average Bonchev–Trinajstić information content (AvgIpc) is 2.19.